The number of hydrogen-bond donors (Lipinski definition) is 2. The number of nitrogens with zero attached hydrogens (tertiary/aromatic N) is 1. The first-order chi connectivity index (χ1) is 7.75. The first kappa shape index (κ1) is 11.1. The van der Waals surface area contributed by atoms with Gasteiger partial charge in [-0.25, -0.2) is 0 Å². The number of carboxylic acids is 1. The fourth-order valence-corrected chi connectivity index (χ4v) is 2.11. The monoisotopic (exact) mass is 220 g/mol. The van der Waals surface area contributed by atoms with E-state index >= 15 is 0 Å². The van der Waals surface area contributed by atoms with Crippen molar-refractivity contribution in [3.63, 3.8) is 0 Å². The van der Waals surface area contributed by atoms with Gasteiger partial charge in [0, 0.05) is 18.4 Å². The molecule has 2 rings (SSSR count). The average molecular weight is 220 g/mol. The average Bonchev–Trinajstić information content (AvgIpc) is 2.30. The van der Waals surface area contributed by atoms with Crippen molar-refractivity contribution in [2.75, 3.05) is 6.54 Å². The summed E-state index contributed by atoms with van der Waals surface area (Å²) in [5.74, 6) is -0.810. The van der Waals surface area contributed by atoms with Crippen LogP contribution in [0.4, 0.5) is 0 Å². The van der Waals surface area contributed by atoms with E-state index in [0.29, 0.717) is 6.04 Å². The zero-order valence-corrected chi connectivity index (χ0v) is 9.15. The van der Waals surface area contributed by atoms with E-state index in [2.05, 4.69) is 10.3 Å². The summed E-state index contributed by atoms with van der Waals surface area (Å²) in [6, 6.07) is 2.29. The fourth-order valence-electron chi connectivity index (χ4n) is 2.11. The molecule has 0 spiro atoms. The highest BCUT2D eigenvalue weighted by Crippen LogP contribution is 2.22. The number of piperidine rings is 1. The van der Waals surface area contributed by atoms with Crippen molar-refractivity contribution in [2.45, 2.75) is 31.7 Å². The van der Waals surface area contributed by atoms with Crippen LogP contribution in [0.25, 0.3) is 0 Å². The second-order valence-electron chi connectivity index (χ2n) is 4.20. The molecule has 1 aromatic heterocycles. The Kier molecular flexibility index (Phi) is 3.51. The summed E-state index contributed by atoms with van der Waals surface area (Å²) in [6.45, 7) is 1.04. The van der Waals surface area contributed by atoms with Gasteiger partial charge in [-0.15, -0.1) is 0 Å². The summed E-state index contributed by atoms with van der Waals surface area (Å²) >= 11 is 0. The van der Waals surface area contributed by atoms with Crippen LogP contribution in [0.1, 0.15) is 36.4 Å². The highest BCUT2D eigenvalue weighted by molar-refractivity contribution is 5.70. The van der Waals surface area contributed by atoms with Crippen molar-refractivity contribution in [3.05, 3.63) is 29.6 Å². The van der Waals surface area contributed by atoms with Gasteiger partial charge >= 0.3 is 5.97 Å². The SMILES string of the molecule is O=C(O)Cc1cncc([C@H]2CCCCN2)c1. The maximum Gasteiger partial charge on any atom is 0.307 e. The Hall–Kier alpha value is -1.42. The fraction of sp³-hybridized carbons (Fsp3) is 0.500. The predicted molar refractivity (Wildman–Crippen MR) is 60.2 cm³/mol. The molecular formula is C12H16N2O2. The molecule has 1 saturated heterocycles. The van der Waals surface area contributed by atoms with Crippen LogP contribution in [0.3, 0.4) is 0 Å². The lowest BCUT2D eigenvalue weighted by Crippen LogP contribution is -2.26. The zero-order valence-electron chi connectivity index (χ0n) is 9.15. The predicted octanol–water partition coefficient (Wildman–Crippen LogP) is 1.52. The van der Waals surface area contributed by atoms with E-state index in [1.807, 2.05) is 12.3 Å². The molecular weight excluding hydrogens is 204 g/mol. The van der Waals surface area contributed by atoms with Crippen LogP contribution in [0.15, 0.2) is 18.5 Å². The van der Waals surface area contributed by atoms with Gasteiger partial charge in [0.1, 0.15) is 0 Å². The summed E-state index contributed by atoms with van der Waals surface area (Å²) in [7, 11) is 0. The van der Waals surface area contributed by atoms with Gasteiger partial charge in [0.05, 0.1) is 6.42 Å². The smallest absolute Gasteiger partial charge is 0.307 e. The second kappa shape index (κ2) is 5.07. The molecule has 16 heavy (non-hydrogen) atoms. The molecule has 0 amide bonds. The largest absolute Gasteiger partial charge is 0.481 e. The van der Waals surface area contributed by atoms with E-state index in [1.54, 1.807) is 6.20 Å². The Labute approximate surface area is 94.7 Å². The standard InChI is InChI=1S/C12H16N2O2/c15-12(16)6-9-5-10(8-13-7-9)11-3-1-2-4-14-11/h5,7-8,11,14H,1-4,6H2,(H,15,16)/t11-/m1/s1. The molecule has 0 radical (unpaired) electrons. The molecule has 1 fully saturated rings. The first-order valence-corrected chi connectivity index (χ1v) is 5.65. The third-order valence-electron chi connectivity index (χ3n) is 2.88. The van der Waals surface area contributed by atoms with Crippen molar-refractivity contribution in [1.82, 2.24) is 10.3 Å². The van der Waals surface area contributed by atoms with Crippen molar-refractivity contribution in [1.29, 1.82) is 0 Å². The van der Waals surface area contributed by atoms with Gasteiger partial charge in [-0.1, -0.05) is 12.5 Å². The lowest BCUT2D eigenvalue weighted by Gasteiger charge is -2.23. The van der Waals surface area contributed by atoms with Crippen molar-refractivity contribution < 1.29 is 9.90 Å². The lowest BCUT2D eigenvalue weighted by molar-refractivity contribution is -0.136. The molecule has 86 valence electrons. The Morgan fingerprint density at radius 2 is 2.38 bits per heavy atom. The number of carboxylic acid groups (broad SMARTS) is 1. The Bertz CT molecular complexity index is 373. The quantitative estimate of drug-likeness (QED) is 0.810. The van der Waals surface area contributed by atoms with E-state index in [0.717, 1.165) is 24.1 Å². The molecule has 4 nitrogen and oxygen atoms in total. The topological polar surface area (TPSA) is 62.2 Å². The summed E-state index contributed by atoms with van der Waals surface area (Å²) in [5.41, 5.74) is 1.89. The van der Waals surface area contributed by atoms with E-state index in [4.69, 9.17) is 5.11 Å². The van der Waals surface area contributed by atoms with E-state index in [1.165, 1.54) is 12.8 Å². The highest BCUT2D eigenvalue weighted by atomic mass is 16.4. The molecule has 0 aromatic carbocycles. The van der Waals surface area contributed by atoms with Crippen LogP contribution in [0.2, 0.25) is 0 Å². The van der Waals surface area contributed by atoms with E-state index in [9.17, 15) is 4.79 Å². The molecule has 1 aliphatic rings. The highest BCUT2D eigenvalue weighted by Gasteiger charge is 2.15. The van der Waals surface area contributed by atoms with Gasteiger partial charge in [0.2, 0.25) is 0 Å². The molecule has 1 aliphatic heterocycles. The molecule has 4 heteroatoms. The Morgan fingerprint density at radius 3 is 3.06 bits per heavy atom. The second-order valence-corrected chi connectivity index (χ2v) is 4.20. The zero-order chi connectivity index (χ0) is 11.4. The van der Waals surface area contributed by atoms with Crippen LogP contribution in [-0.4, -0.2) is 22.6 Å². The maximum absolute atomic E-state index is 10.6. The number of nitrogens with one attached hydrogen (secondary N) is 1. The molecule has 0 saturated carbocycles. The van der Waals surface area contributed by atoms with Crippen LogP contribution >= 0.6 is 0 Å². The number of hydrogen-bond acceptors (Lipinski definition) is 3. The molecule has 2 N–H and O–H groups in total. The van der Waals surface area contributed by atoms with Crippen molar-refractivity contribution in [2.24, 2.45) is 0 Å². The number of aliphatic carboxylic acids is 1. The summed E-state index contributed by atoms with van der Waals surface area (Å²) in [5, 5.41) is 12.2. The Balaban J connectivity index is 2.11. The normalized spacial score (nSPS) is 20.6. The van der Waals surface area contributed by atoms with Crippen LogP contribution in [-0.2, 0) is 11.2 Å². The summed E-state index contributed by atoms with van der Waals surface area (Å²) < 4.78 is 0. The lowest BCUT2D eigenvalue weighted by atomic mass is 9.97. The molecule has 0 aliphatic carbocycles. The minimum atomic E-state index is -0.810. The van der Waals surface area contributed by atoms with Crippen LogP contribution < -0.4 is 5.32 Å². The van der Waals surface area contributed by atoms with Gasteiger partial charge in [0.25, 0.3) is 0 Å². The van der Waals surface area contributed by atoms with E-state index < -0.39 is 5.97 Å². The summed E-state index contributed by atoms with van der Waals surface area (Å²) in [6.07, 6.45) is 7.06. The summed E-state index contributed by atoms with van der Waals surface area (Å²) in [4.78, 5) is 14.7. The Morgan fingerprint density at radius 1 is 1.50 bits per heavy atom. The van der Waals surface area contributed by atoms with Crippen molar-refractivity contribution >= 4 is 5.97 Å². The third kappa shape index (κ3) is 2.79. The van der Waals surface area contributed by atoms with Gasteiger partial charge in [-0.2, -0.15) is 0 Å². The number of aromatic nitrogens is 1. The molecule has 1 atom stereocenters. The minimum Gasteiger partial charge on any atom is -0.481 e. The van der Waals surface area contributed by atoms with E-state index in [-0.39, 0.29) is 6.42 Å². The third-order valence-corrected chi connectivity index (χ3v) is 2.88. The molecule has 0 bridgehead atoms. The molecule has 2 heterocycles. The number of carbonyl (C=O) groups is 1. The van der Waals surface area contributed by atoms with Gasteiger partial charge in [-0.3, -0.25) is 9.78 Å². The van der Waals surface area contributed by atoms with Crippen molar-refractivity contribution in [3.8, 4) is 0 Å². The molecule has 1 aromatic rings. The molecule has 0 unspecified atom stereocenters. The number of pyridine rings is 1. The first-order valence-electron chi connectivity index (χ1n) is 5.65. The van der Waals surface area contributed by atoms with Gasteiger partial charge in [0.15, 0.2) is 0 Å². The van der Waals surface area contributed by atoms with Crippen LogP contribution in [0.5, 0.6) is 0 Å². The minimum absolute atomic E-state index is 0.0492. The van der Waals surface area contributed by atoms with Gasteiger partial charge < -0.3 is 10.4 Å². The van der Waals surface area contributed by atoms with Crippen LogP contribution in [0, 0.1) is 0 Å². The number of rotatable bonds is 3. The van der Waals surface area contributed by atoms with Gasteiger partial charge in [-0.05, 0) is 30.5 Å². The maximum atomic E-state index is 10.6.